The molecule has 17 heavy (non-hydrogen) atoms. The number of nitrogens with zero attached hydrogens (tertiary/aromatic N) is 2. The number of aromatic nitrogens is 2. The maximum Gasteiger partial charge on any atom is 0.0674 e. The lowest BCUT2D eigenvalue weighted by molar-refractivity contribution is 0.634. The van der Waals surface area contributed by atoms with E-state index in [1.54, 1.807) is 0 Å². The Labute approximate surface area is 102 Å². The summed E-state index contributed by atoms with van der Waals surface area (Å²) >= 11 is 0. The van der Waals surface area contributed by atoms with E-state index in [2.05, 4.69) is 38.0 Å². The van der Waals surface area contributed by atoms with E-state index < -0.39 is 0 Å². The minimum Gasteiger partial charge on any atom is -0.399 e. The van der Waals surface area contributed by atoms with E-state index in [0.717, 1.165) is 23.5 Å². The molecule has 3 nitrogen and oxygen atoms in total. The van der Waals surface area contributed by atoms with Crippen molar-refractivity contribution in [3.8, 4) is 11.1 Å². The van der Waals surface area contributed by atoms with E-state index in [1.807, 2.05) is 17.7 Å². The largest absolute Gasteiger partial charge is 0.399 e. The lowest BCUT2D eigenvalue weighted by atomic mass is 10.0. The van der Waals surface area contributed by atoms with Crippen LogP contribution in [0.5, 0.6) is 0 Å². The Kier molecular flexibility index (Phi) is 2.92. The van der Waals surface area contributed by atoms with Gasteiger partial charge in [-0.3, -0.25) is 4.68 Å². The minimum atomic E-state index is 0.840. The molecule has 2 rings (SSSR count). The van der Waals surface area contributed by atoms with Gasteiger partial charge in [0, 0.05) is 23.5 Å². The Hall–Kier alpha value is -1.77. The van der Waals surface area contributed by atoms with Gasteiger partial charge in [-0.15, -0.1) is 0 Å². The van der Waals surface area contributed by atoms with Gasteiger partial charge >= 0.3 is 0 Å². The second kappa shape index (κ2) is 4.24. The maximum atomic E-state index is 5.85. The van der Waals surface area contributed by atoms with Crippen LogP contribution < -0.4 is 5.73 Å². The smallest absolute Gasteiger partial charge is 0.0674 e. The molecular weight excluding hydrogens is 210 g/mol. The number of hydrogen-bond donors (Lipinski definition) is 1. The first-order valence-corrected chi connectivity index (χ1v) is 5.95. The van der Waals surface area contributed by atoms with Crippen molar-refractivity contribution in [2.45, 2.75) is 34.2 Å². The summed E-state index contributed by atoms with van der Waals surface area (Å²) in [7, 11) is 0. The summed E-state index contributed by atoms with van der Waals surface area (Å²) in [4.78, 5) is 0. The molecule has 2 aromatic rings. The highest BCUT2D eigenvalue weighted by atomic mass is 15.3. The number of nitrogen functional groups attached to an aromatic ring is 1. The van der Waals surface area contributed by atoms with E-state index in [4.69, 9.17) is 5.73 Å². The molecule has 0 bridgehead atoms. The van der Waals surface area contributed by atoms with Crippen LogP contribution in [0.3, 0.4) is 0 Å². The van der Waals surface area contributed by atoms with Gasteiger partial charge in [-0.25, -0.2) is 0 Å². The molecule has 3 heteroatoms. The molecule has 0 saturated carbocycles. The summed E-state index contributed by atoms with van der Waals surface area (Å²) in [5.74, 6) is 0. The standard InChI is InChI=1S/C14H19N3/c1-5-17-11(4)14(10(3)16-17)12-6-7-13(15)9(2)8-12/h6-8H,5,15H2,1-4H3. The zero-order valence-electron chi connectivity index (χ0n) is 10.9. The van der Waals surface area contributed by atoms with Crippen LogP contribution in [0.25, 0.3) is 11.1 Å². The van der Waals surface area contributed by atoms with Gasteiger partial charge in [-0.2, -0.15) is 5.10 Å². The summed E-state index contributed by atoms with van der Waals surface area (Å²) in [6, 6.07) is 6.17. The average molecular weight is 229 g/mol. The number of anilines is 1. The van der Waals surface area contributed by atoms with E-state index >= 15 is 0 Å². The van der Waals surface area contributed by atoms with Crippen LogP contribution in [0, 0.1) is 20.8 Å². The van der Waals surface area contributed by atoms with Gasteiger partial charge in [-0.05, 0) is 51.0 Å². The third kappa shape index (κ3) is 1.93. The normalized spacial score (nSPS) is 10.8. The van der Waals surface area contributed by atoms with Gasteiger partial charge in [-0.1, -0.05) is 6.07 Å². The summed E-state index contributed by atoms with van der Waals surface area (Å²) in [5.41, 5.74) is 12.5. The fourth-order valence-electron chi connectivity index (χ4n) is 2.25. The summed E-state index contributed by atoms with van der Waals surface area (Å²) in [5, 5.41) is 4.54. The topological polar surface area (TPSA) is 43.8 Å². The number of benzene rings is 1. The summed E-state index contributed by atoms with van der Waals surface area (Å²) in [6.07, 6.45) is 0. The van der Waals surface area contributed by atoms with Crippen molar-refractivity contribution in [1.29, 1.82) is 0 Å². The molecule has 0 amide bonds. The van der Waals surface area contributed by atoms with Crippen LogP contribution in [0.1, 0.15) is 23.9 Å². The Bertz CT molecular complexity index is 553. The van der Waals surface area contributed by atoms with Gasteiger partial charge < -0.3 is 5.73 Å². The number of aryl methyl sites for hydroxylation is 3. The molecule has 0 aliphatic carbocycles. The van der Waals surface area contributed by atoms with Crippen molar-refractivity contribution in [2.75, 3.05) is 5.73 Å². The van der Waals surface area contributed by atoms with Crippen molar-refractivity contribution in [3.63, 3.8) is 0 Å². The lowest BCUT2D eigenvalue weighted by Crippen LogP contribution is -1.98. The molecule has 0 atom stereocenters. The van der Waals surface area contributed by atoms with Gasteiger partial charge in [0.15, 0.2) is 0 Å². The zero-order valence-corrected chi connectivity index (χ0v) is 10.9. The molecule has 90 valence electrons. The Morgan fingerprint density at radius 1 is 1.24 bits per heavy atom. The molecule has 0 aliphatic heterocycles. The second-order valence-corrected chi connectivity index (χ2v) is 4.43. The minimum absolute atomic E-state index is 0.840. The van der Waals surface area contributed by atoms with Crippen LogP contribution in [0.4, 0.5) is 5.69 Å². The van der Waals surface area contributed by atoms with Crippen LogP contribution in [0.2, 0.25) is 0 Å². The summed E-state index contributed by atoms with van der Waals surface area (Å²) in [6.45, 7) is 9.22. The van der Waals surface area contributed by atoms with Crippen molar-refractivity contribution in [1.82, 2.24) is 9.78 Å². The SMILES string of the molecule is CCn1nc(C)c(-c2ccc(N)c(C)c2)c1C. The van der Waals surface area contributed by atoms with E-state index in [1.165, 1.54) is 16.8 Å². The molecule has 2 N–H and O–H groups in total. The van der Waals surface area contributed by atoms with Crippen LogP contribution >= 0.6 is 0 Å². The molecule has 0 radical (unpaired) electrons. The van der Waals surface area contributed by atoms with Crippen molar-refractivity contribution >= 4 is 5.69 Å². The van der Waals surface area contributed by atoms with E-state index in [9.17, 15) is 0 Å². The van der Waals surface area contributed by atoms with Gasteiger partial charge in [0.05, 0.1) is 5.69 Å². The van der Waals surface area contributed by atoms with Gasteiger partial charge in [0.2, 0.25) is 0 Å². The first-order chi connectivity index (χ1) is 8.04. The highest BCUT2D eigenvalue weighted by Crippen LogP contribution is 2.29. The molecule has 0 aliphatic rings. The first kappa shape index (κ1) is 11.7. The zero-order chi connectivity index (χ0) is 12.6. The third-order valence-electron chi connectivity index (χ3n) is 3.24. The molecule has 1 heterocycles. The van der Waals surface area contributed by atoms with E-state index in [0.29, 0.717) is 0 Å². The number of nitrogens with two attached hydrogens (primary N) is 1. The molecule has 0 unspecified atom stereocenters. The van der Waals surface area contributed by atoms with Crippen LogP contribution in [-0.2, 0) is 6.54 Å². The molecule has 0 spiro atoms. The van der Waals surface area contributed by atoms with E-state index in [-0.39, 0.29) is 0 Å². The van der Waals surface area contributed by atoms with Crippen LogP contribution in [-0.4, -0.2) is 9.78 Å². The third-order valence-corrected chi connectivity index (χ3v) is 3.24. The quantitative estimate of drug-likeness (QED) is 0.804. The molecule has 1 aromatic carbocycles. The van der Waals surface area contributed by atoms with Crippen LogP contribution in [0.15, 0.2) is 18.2 Å². The highest BCUT2D eigenvalue weighted by molar-refractivity contribution is 5.71. The van der Waals surface area contributed by atoms with Gasteiger partial charge in [0.1, 0.15) is 0 Å². The van der Waals surface area contributed by atoms with Crippen molar-refractivity contribution in [3.05, 3.63) is 35.2 Å². The highest BCUT2D eigenvalue weighted by Gasteiger charge is 2.12. The molecule has 0 fully saturated rings. The first-order valence-electron chi connectivity index (χ1n) is 5.95. The molecule has 1 aromatic heterocycles. The second-order valence-electron chi connectivity index (χ2n) is 4.43. The fourth-order valence-corrected chi connectivity index (χ4v) is 2.25. The van der Waals surface area contributed by atoms with Gasteiger partial charge in [0.25, 0.3) is 0 Å². The fraction of sp³-hybridized carbons (Fsp3) is 0.357. The Morgan fingerprint density at radius 2 is 1.94 bits per heavy atom. The number of hydrogen-bond acceptors (Lipinski definition) is 2. The summed E-state index contributed by atoms with van der Waals surface area (Å²) < 4.78 is 2.04. The number of rotatable bonds is 2. The predicted molar refractivity (Wildman–Crippen MR) is 72.0 cm³/mol. The average Bonchev–Trinajstić information content (AvgIpc) is 2.58. The molecular formula is C14H19N3. The lowest BCUT2D eigenvalue weighted by Gasteiger charge is -2.06. The monoisotopic (exact) mass is 229 g/mol. The maximum absolute atomic E-state index is 5.85. The molecule has 0 saturated heterocycles. The predicted octanol–water partition coefficient (Wildman–Crippen LogP) is 3.08. The van der Waals surface area contributed by atoms with Crippen molar-refractivity contribution < 1.29 is 0 Å². The Morgan fingerprint density at radius 3 is 2.47 bits per heavy atom. The Balaban J connectivity index is 2.60. The van der Waals surface area contributed by atoms with Crippen molar-refractivity contribution in [2.24, 2.45) is 0 Å².